The van der Waals surface area contributed by atoms with Crippen molar-refractivity contribution in [3.8, 4) is 11.4 Å². The summed E-state index contributed by atoms with van der Waals surface area (Å²) in [6, 6.07) is 4.98. The molecule has 4 nitrogen and oxygen atoms in total. The summed E-state index contributed by atoms with van der Waals surface area (Å²) in [6.45, 7) is 2.06. The maximum Gasteiger partial charge on any atom is 0.416 e. The molecular weight excluding hydrogens is 307 g/mol. The minimum atomic E-state index is -4.38. The number of nitrogens with zero attached hydrogens (tertiary/aromatic N) is 2. The van der Waals surface area contributed by atoms with Crippen molar-refractivity contribution in [3.63, 3.8) is 0 Å². The maximum absolute atomic E-state index is 12.7. The summed E-state index contributed by atoms with van der Waals surface area (Å²) in [4.78, 5) is 4.23. The Balaban J connectivity index is 1.67. The van der Waals surface area contributed by atoms with Crippen LogP contribution in [0.4, 0.5) is 13.2 Å². The molecular formula is C16H18F3N3O. The first-order chi connectivity index (χ1) is 11.0. The number of hydrogen-bond donors (Lipinski definition) is 1. The Labute approximate surface area is 132 Å². The number of nitrogens with one attached hydrogen (secondary N) is 1. The van der Waals surface area contributed by atoms with Gasteiger partial charge in [-0.3, -0.25) is 0 Å². The van der Waals surface area contributed by atoms with Crippen LogP contribution < -0.4 is 5.32 Å². The predicted octanol–water partition coefficient (Wildman–Crippen LogP) is 3.69. The van der Waals surface area contributed by atoms with E-state index in [4.69, 9.17) is 4.52 Å². The van der Waals surface area contributed by atoms with Crippen molar-refractivity contribution in [2.75, 3.05) is 13.1 Å². The van der Waals surface area contributed by atoms with Crippen LogP contribution in [-0.4, -0.2) is 23.2 Å². The van der Waals surface area contributed by atoms with Crippen LogP contribution in [0.3, 0.4) is 0 Å². The molecule has 7 heteroatoms. The van der Waals surface area contributed by atoms with Crippen molar-refractivity contribution in [2.24, 2.45) is 5.92 Å². The van der Waals surface area contributed by atoms with Gasteiger partial charge in [-0.1, -0.05) is 17.3 Å². The third-order valence-corrected chi connectivity index (χ3v) is 4.14. The molecule has 0 spiro atoms. The molecule has 0 amide bonds. The van der Waals surface area contributed by atoms with Gasteiger partial charge in [0.05, 0.1) is 5.56 Å². The van der Waals surface area contributed by atoms with Crippen molar-refractivity contribution >= 4 is 0 Å². The van der Waals surface area contributed by atoms with Crippen LogP contribution in [-0.2, 0) is 12.6 Å². The van der Waals surface area contributed by atoms with Crippen LogP contribution in [0.5, 0.6) is 0 Å². The van der Waals surface area contributed by atoms with Gasteiger partial charge in [0.1, 0.15) is 0 Å². The number of aromatic nitrogens is 2. The van der Waals surface area contributed by atoms with Crippen molar-refractivity contribution in [1.29, 1.82) is 0 Å². The summed E-state index contributed by atoms with van der Waals surface area (Å²) >= 11 is 0. The molecule has 0 atom stereocenters. The van der Waals surface area contributed by atoms with Crippen LogP contribution in [0.15, 0.2) is 28.8 Å². The Morgan fingerprint density at radius 1 is 1.22 bits per heavy atom. The Hall–Kier alpha value is -1.89. The lowest BCUT2D eigenvalue weighted by atomic mass is 9.93. The molecule has 2 heterocycles. The van der Waals surface area contributed by atoms with Crippen molar-refractivity contribution in [2.45, 2.75) is 31.9 Å². The van der Waals surface area contributed by atoms with E-state index >= 15 is 0 Å². The van der Waals surface area contributed by atoms with Gasteiger partial charge in [0, 0.05) is 12.0 Å². The van der Waals surface area contributed by atoms with Crippen LogP contribution in [0, 0.1) is 5.92 Å². The van der Waals surface area contributed by atoms with Crippen LogP contribution in [0.2, 0.25) is 0 Å². The molecule has 1 aromatic heterocycles. The van der Waals surface area contributed by atoms with E-state index in [2.05, 4.69) is 15.5 Å². The second-order valence-electron chi connectivity index (χ2n) is 5.82. The van der Waals surface area contributed by atoms with E-state index in [0.29, 0.717) is 23.8 Å². The van der Waals surface area contributed by atoms with Crippen LogP contribution >= 0.6 is 0 Å². The summed E-state index contributed by atoms with van der Waals surface area (Å²) in [5.41, 5.74) is -0.396. The monoisotopic (exact) mass is 325 g/mol. The minimum Gasteiger partial charge on any atom is -0.339 e. The fourth-order valence-corrected chi connectivity index (χ4v) is 2.81. The third kappa shape index (κ3) is 4.10. The number of piperidine rings is 1. The van der Waals surface area contributed by atoms with Crippen molar-refractivity contribution in [3.05, 3.63) is 35.7 Å². The molecule has 1 fully saturated rings. The second-order valence-corrected chi connectivity index (χ2v) is 5.82. The number of alkyl halides is 3. The zero-order chi connectivity index (χ0) is 16.3. The lowest BCUT2D eigenvalue weighted by molar-refractivity contribution is -0.137. The lowest BCUT2D eigenvalue weighted by Crippen LogP contribution is -2.27. The third-order valence-electron chi connectivity index (χ3n) is 4.14. The fraction of sp³-hybridized carbons (Fsp3) is 0.500. The summed E-state index contributed by atoms with van der Waals surface area (Å²) in [5, 5.41) is 7.12. The zero-order valence-electron chi connectivity index (χ0n) is 12.6. The highest BCUT2D eigenvalue weighted by Crippen LogP contribution is 2.31. The van der Waals surface area contributed by atoms with Gasteiger partial charge in [-0.15, -0.1) is 0 Å². The normalized spacial score (nSPS) is 16.7. The van der Waals surface area contributed by atoms with E-state index in [1.807, 2.05) is 0 Å². The lowest BCUT2D eigenvalue weighted by Gasteiger charge is -2.21. The van der Waals surface area contributed by atoms with Gasteiger partial charge in [-0.05, 0) is 50.4 Å². The molecule has 0 saturated carbocycles. The smallest absolute Gasteiger partial charge is 0.339 e. The number of hydrogen-bond acceptors (Lipinski definition) is 4. The molecule has 0 aliphatic carbocycles. The molecule has 23 heavy (non-hydrogen) atoms. The Kier molecular flexibility index (Phi) is 4.66. The predicted molar refractivity (Wildman–Crippen MR) is 78.7 cm³/mol. The zero-order valence-corrected chi connectivity index (χ0v) is 12.6. The average molecular weight is 325 g/mol. The van der Waals surface area contributed by atoms with Crippen LogP contribution in [0.1, 0.15) is 30.7 Å². The number of halogens is 3. The fourth-order valence-electron chi connectivity index (χ4n) is 2.81. The molecule has 0 radical (unpaired) electrons. The molecule has 3 rings (SSSR count). The molecule has 1 saturated heterocycles. The second kappa shape index (κ2) is 6.70. The van der Waals surface area contributed by atoms with E-state index < -0.39 is 11.7 Å². The van der Waals surface area contributed by atoms with E-state index in [-0.39, 0.29) is 5.82 Å². The largest absolute Gasteiger partial charge is 0.416 e. The highest BCUT2D eigenvalue weighted by Gasteiger charge is 2.30. The highest BCUT2D eigenvalue weighted by atomic mass is 19.4. The molecule has 1 N–H and O–H groups in total. The molecule has 1 aliphatic heterocycles. The Morgan fingerprint density at radius 2 is 2.00 bits per heavy atom. The summed E-state index contributed by atoms with van der Waals surface area (Å²) in [6.07, 6.45) is -0.483. The number of rotatable bonds is 4. The van der Waals surface area contributed by atoms with Crippen molar-refractivity contribution in [1.82, 2.24) is 15.5 Å². The highest BCUT2D eigenvalue weighted by molar-refractivity contribution is 5.55. The number of benzene rings is 1. The molecule has 2 aromatic rings. The molecule has 0 bridgehead atoms. The quantitative estimate of drug-likeness (QED) is 0.931. The topological polar surface area (TPSA) is 51.0 Å². The number of aryl methyl sites for hydroxylation is 1. The first-order valence-corrected chi connectivity index (χ1v) is 7.73. The van der Waals surface area contributed by atoms with Gasteiger partial charge in [-0.2, -0.15) is 18.2 Å². The van der Waals surface area contributed by atoms with Crippen molar-refractivity contribution < 1.29 is 17.7 Å². The Bertz CT molecular complexity index is 648. The standard InChI is InChI=1S/C16H18F3N3O/c17-16(18,19)13-3-1-2-12(10-13)15-21-14(23-22-15)5-4-11-6-8-20-9-7-11/h1-3,10-11,20H,4-9H2. The van der Waals surface area contributed by atoms with Gasteiger partial charge in [0.15, 0.2) is 0 Å². The molecule has 1 aliphatic rings. The maximum atomic E-state index is 12.7. The molecule has 124 valence electrons. The minimum absolute atomic E-state index is 0.205. The van der Waals surface area contributed by atoms with E-state index in [1.54, 1.807) is 6.07 Å². The Morgan fingerprint density at radius 3 is 2.74 bits per heavy atom. The average Bonchev–Trinajstić information content (AvgIpc) is 3.02. The van der Waals surface area contributed by atoms with Gasteiger partial charge in [0.25, 0.3) is 0 Å². The van der Waals surface area contributed by atoms with E-state index in [9.17, 15) is 13.2 Å². The summed E-state index contributed by atoms with van der Waals surface area (Å²) in [7, 11) is 0. The molecule has 0 unspecified atom stereocenters. The summed E-state index contributed by atoms with van der Waals surface area (Å²) < 4.78 is 43.4. The van der Waals surface area contributed by atoms with Gasteiger partial charge in [0.2, 0.25) is 11.7 Å². The van der Waals surface area contributed by atoms with Gasteiger partial charge in [-0.25, -0.2) is 0 Å². The first-order valence-electron chi connectivity index (χ1n) is 7.73. The van der Waals surface area contributed by atoms with E-state index in [0.717, 1.165) is 44.5 Å². The van der Waals surface area contributed by atoms with E-state index in [1.165, 1.54) is 6.07 Å². The summed E-state index contributed by atoms with van der Waals surface area (Å²) in [5.74, 6) is 1.33. The first kappa shape index (κ1) is 16.0. The SMILES string of the molecule is FC(F)(F)c1cccc(-c2noc(CCC3CCNCC3)n2)c1. The van der Waals surface area contributed by atoms with Gasteiger partial charge < -0.3 is 9.84 Å². The molecule has 1 aromatic carbocycles. The van der Waals surface area contributed by atoms with Crippen LogP contribution in [0.25, 0.3) is 11.4 Å². The van der Waals surface area contributed by atoms with Gasteiger partial charge >= 0.3 is 6.18 Å².